The van der Waals surface area contributed by atoms with Crippen LogP contribution in [0.25, 0.3) is 0 Å². The molecule has 2 N–H and O–H groups in total. The van der Waals surface area contributed by atoms with Gasteiger partial charge in [0.05, 0.1) is 18.7 Å². The summed E-state index contributed by atoms with van der Waals surface area (Å²) in [4.78, 5) is 24.4. The Hall–Kier alpha value is -2.22. The van der Waals surface area contributed by atoms with Crippen LogP contribution in [0.2, 0.25) is 0 Å². The fourth-order valence-corrected chi connectivity index (χ4v) is 2.88. The highest BCUT2D eigenvalue weighted by Crippen LogP contribution is 2.12. The highest BCUT2D eigenvalue weighted by Gasteiger charge is 2.20. The lowest BCUT2D eigenvalue weighted by molar-refractivity contribution is -0.142. The molecule has 2 rings (SSSR count). The van der Waals surface area contributed by atoms with Crippen LogP contribution in [0, 0.1) is 11.8 Å². The van der Waals surface area contributed by atoms with Crippen LogP contribution < -0.4 is 5.32 Å². The Kier molecular flexibility index (Phi) is 5.86. The zero-order valence-corrected chi connectivity index (χ0v) is 13.9. The highest BCUT2D eigenvalue weighted by atomic mass is 32.1. The minimum atomic E-state index is -0.902. The van der Waals surface area contributed by atoms with Gasteiger partial charge in [-0.25, -0.2) is 4.68 Å². The SMILES string of the molecule is CC(C)CC(CNC(=O)c1cn(Cc2cccs2)nn1)C(=O)O. The van der Waals surface area contributed by atoms with Gasteiger partial charge >= 0.3 is 5.97 Å². The van der Waals surface area contributed by atoms with Gasteiger partial charge in [0.1, 0.15) is 0 Å². The van der Waals surface area contributed by atoms with Gasteiger partial charge in [0.2, 0.25) is 0 Å². The molecule has 0 bridgehead atoms. The van der Waals surface area contributed by atoms with Crippen LogP contribution in [0.1, 0.15) is 35.6 Å². The third-order valence-electron chi connectivity index (χ3n) is 3.28. The monoisotopic (exact) mass is 336 g/mol. The molecule has 1 amide bonds. The summed E-state index contributed by atoms with van der Waals surface area (Å²) in [6.07, 6.45) is 2.08. The third kappa shape index (κ3) is 5.17. The van der Waals surface area contributed by atoms with E-state index < -0.39 is 17.8 Å². The first-order chi connectivity index (χ1) is 11.0. The van der Waals surface area contributed by atoms with Crippen molar-refractivity contribution in [1.82, 2.24) is 20.3 Å². The van der Waals surface area contributed by atoms with Gasteiger partial charge in [0.25, 0.3) is 5.91 Å². The summed E-state index contributed by atoms with van der Waals surface area (Å²) in [7, 11) is 0. The average molecular weight is 336 g/mol. The van der Waals surface area contributed by atoms with Crippen molar-refractivity contribution < 1.29 is 14.7 Å². The number of thiophene rings is 1. The number of amides is 1. The zero-order chi connectivity index (χ0) is 16.8. The smallest absolute Gasteiger partial charge is 0.308 e. The molecular weight excluding hydrogens is 316 g/mol. The molecule has 1 atom stereocenters. The lowest BCUT2D eigenvalue weighted by atomic mass is 9.97. The second-order valence-electron chi connectivity index (χ2n) is 5.76. The molecule has 0 aliphatic rings. The standard InChI is InChI=1S/C15H20N4O3S/c1-10(2)6-11(15(21)22)7-16-14(20)13-9-19(18-17-13)8-12-4-3-5-23-12/h3-5,9-11H,6-8H2,1-2H3,(H,16,20)(H,21,22). The fourth-order valence-electron chi connectivity index (χ4n) is 2.19. The summed E-state index contributed by atoms with van der Waals surface area (Å²) in [5, 5.41) is 21.5. The number of nitrogens with zero attached hydrogens (tertiary/aromatic N) is 3. The van der Waals surface area contributed by atoms with Crippen molar-refractivity contribution in [2.75, 3.05) is 6.54 Å². The van der Waals surface area contributed by atoms with E-state index in [0.29, 0.717) is 13.0 Å². The van der Waals surface area contributed by atoms with E-state index in [9.17, 15) is 14.7 Å². The molecule has 2 heterocycles. The van der Waals surface area contributed by atoms with E-state index in [1.54, 1.807) is 22.2 Å². The summed E-state index contributed by atoms with van der Waals surface area (Å²) in [5.41, 5.74) is 0.190. The first-order valence-electron chi connectivity index (χ1n) is 7.39. The number of aromatic nitrogens is 3. The van der Waals surface area contributed by atoms with Gasteiger partial charge in [-0.05, 0) is 23.8 Å². The molecule has 2 aromatic rings. The summed E-state index contributed by atoms with van der Waals surface area (Å²) in [6.45, 7) is 4.55. The minimum absolute atomic E-state index is 0.0874. The number of hydrogen-bond donors (Lipinski definition) is 2. The highest BCUT2D eigenvalue weighted by molar-refractivity contribution is 7.09. The lowest BCUT2D eigenvalue weighted by Gasteiger charge is -2.14. The van der Waals surface area contributed by atoms with Crippen molar-refractivity contribution >= 4 is 23.2 Å². The molecule has 124 valence electrons. The summed E-state index contributed by atoms with van der Waals surface area (Å²) >= 11 is 1.60. The second-order valence-corrected chi connectivity index (χ2v) is 6.79. The second kappa shape index (κ2) is 7.87. The van der Waals surface area contributed by atoms with E-state index in [1.165, 1.54) is 0 Å². The maximum absolute atomic E-state index is 12.1. The van der Waals surface area contributed by atoms with E-state index in [4.69, 9.17) is 0 Å². The van der Waals surface area contributed by atoms with E-state index in [0.717, 1.165) is 4.88 Å². The fraction of sp³-hybridized carbons (Fsp3) is 0.467. The number of hydrogen-bond acceptors (Lipinski definition) is 5. The Morgan fingerprint density at radius 1 is 1.43 bits per heavy atom. The molecular formula is C15H20N4O3S. The summed E-state index contributed by atoms with van der Waals surface area (Å²) in [6, 6.07) is 3.93. The molecule has 0 saturated carbocycles. The van der Waals surface area contributed by atoms with Crippen molar-refractivity contribution in [3.63, 3.8) is 0 Å². The van der Waals surface area contributed by atoms with Gasteiger partial charge in [0.15, 0.2) is 5.69 Å². The quantitative estimate of drug-likeness (QED) is 0.767. The first kappa shape index (κ1) is 17.1. The Bertz CT molecular complexity index is 651. The van der Waals surface area contributed by atoms with Crippen molar-refractivity contribution in [1.29, 1.82) is 0 Å². The van der Waals surface area contributed by atoms with Crippen LogP contribution in [0.3, 0.4) is 0 Å². The Morgan fingerprint density at radius 3 is 2.83 bits per heavy atom. The Labute approximate surface area is 138 Å². The molecule has 0 aliphatic carbocycles. The van der Waals surface area contributed by atoms with Crippen molar-refractivity contribution in [2.24, 2.45) is 11.8 Å². The predicted molar refractivity (Wildman–Crippen MR) is 86.4 cm³/mol. The Balaban J connectivity index is 1.90. The molecule has 23 heavy (non-hydrogen) atoms. The van der Waals surface area contributed by atoms with E-state index >= 15 is 0 Å². The zero-order valence-electron chi connectivity index (χ0n) is 13.1. The molecule has 0 aromatic carbocycles. The number of aliphatic carboxylic acids is 1. The van der Waals surface area contributed by atoms with Crippen LogP contribution in [0.15, 0.2) is 23.7 Å². The molecule has 7 nitrogen and oxygen atoms in total. The van der Waals surface area contributed by atoms with E-state index in [-0.39, 0.29) is 18.2 Å². The van der Waals surface area contributed by atoms with Crippen molar-refractivity contribution in [3.05, 3.63) is 34.3 Å². The van der Waals surface area contributed by atoms with E-state index in [2.05, 4.69) is 15.6 Å². The number of carboxylic acids is 1. The number of nitrogens with one attached hydrogen (secondary N) is 1. The number of carbonyl (C=O) groups excluding carboxylic acids is 1. The summed E-state index contributed by atoms with van der Waals surface area (Å²) < 4.78 is 1.59. The van der Waals surface area contributed by atoms with Crippen LogP contribution in [-0.2, 0) is 11.3 Å². The molecule has 1 unspecified atom stereocenters. The first-order valence-corrected chi connectivity index (χ1v) is 8.27. The van der Waals surface area contributed by atoms with Crippen LogP contribution >= 0.6 is 11.3 Å². The lowest BCUT2D eigenvalue weighted by Crippen LogP contribution is -2.33. The van der Waals surface area contributed by atoms with Gasteiger partial charge < -0.3 is 10.4 Å². The molecule has 8 heteroatoms. The van der Waals surface area contributed by atoms with Gasteiger partial charge in [-0.1, -0.05) is 25.1 Å². The van der Waals surface area contributed by atoms with Crippen molar-refractivity contribution in [3.8, 4) is 0 Å². The van der Waals surface area contributed by atoms with Gasteiger partial charge in [-0.3, -0.25) is 9.59 Å². The van der Waals surface area contributed by atoms with Crippen LogP contribution in [0.5, 0.6) is 0 Å². The molecule has 0 radical (unpaired) electrons. The van der Waals surface area contributed by atoms with Gasteiger partial charge in [-0.15, -0.1) is 16.4 Å². The van der Waals surface area contributed by atoms with Crippen LogP contribution in [0.4, 0.5) is 0 Å². The average Bonchev–Trinajstić information content (AvgIpc) is 3.14. The van der Waals surface area contributed by atoms with Crippen LogP contribution in [-0.4, -0.2) is 38.5 Å². The van der Waals surface area contributed by atoms with E-state index in [1.807, 2.05) is 31.4 Å². The van der Waals surface area contributed by atoms with Crippen molar-refractivity contribution in [2.45, 2.75) is 26.8 Å². The molecule has 0 fully saturated rings. The normalized spacial score (nSPS) is 12.3. The molecule has 2 aromatic heterocycles. The Morgan fingerprint density at radius 2 is 2.22 bits per heavy atom. The maximum Gasteiger partial charge on any atom is 0.308 e. The third-order valence-corrected chi connectivity index (χ3v) is 4.14. The predicted octanol–water partition coefficient (Wildman–Crippen LogP) is 1.86. The van der Waals surface area contributed by atoms with Gasteiger partial charge in [0, 0.05) is 11.4 Å². The molecule has 0 spiro atoms. The minimum Gasteiger partial charge on any atom is -0.481 e. The molecule has 0 saturated heterocycles. The number of carbonyl (C=O) groups is 2. The number of carboxylic acid groups (broad SMARTS) is 1. The number of rotatable bonds is 8. The molecule has 0 aliphatic heterocycles. The maximum atomic E-state index is 12.1. The summed E-state index contributed by atoms with van der Waals surface area (Å²) in [5.74, 6) is -1.66. The van der Waals surface area contributed by atoms with Gasteiger partial charge in [-0.2, -0.15) is 0 Å². The topological polar surface area (TPSA) is 97.1 Å². The largest absolute Gasteiger partial charge is 0.481 e.